The number of hydrogen-bond donors (Lipinski definition) is 12. The fourth-order valence-corrected chi connectivity index (χ4v) is 8.43. The zero-order valence-electron chi connectivity index (χ0n) is 47.3. The molecule has 1 aromatic heterocycles. The number of aryl methyl sites for hydroxylation is 1. The van der Waals surface area contributed by atoms with Crippen LogP contribution >= 0.6 is 0 Å². The maximum absolute atomic E-state index is 14.0. The number of nitrogens with two attached hydrogens (primary N) is 2. The topological polar surface area (TPSA) is 407 Å². The lowest BCUT2D eigenvalue weighted by Crippen LogP contribution is -2.59. The number of aliphatic hydroxyl groups excluding tert-OH is 1. The van der Waals surface area contributed by atoms with Crippen LogP contribution in [-0.2, 0) is 59.0 Å². The number of primary amides is 1. The molecule has 0 fully saturated rings. The van der Waals surface area contributed by atoms with E-state index in [9.17, 15) is 48.3 Å². The van der Waals surface area contributed by atoms with E-state index in [1.807, 2.05) is 6.92 Å². The van der Waals surface area contributed by atoms with E-state index in [0.29, 0.717) is 57.3 Å². The predicted molar refractivity (Wildman–Crippen MR) is 298 cm³/mol. The van der Waals surface area contributed by atoms with Crippen molar-refractivity contribution in [1.82, 2.24) is 63.2 Å². The van der Waals surface area contributed by atoms with Gasteiger partial charge in [-0.3, -0.25) is 48.1 Å². The zero-order valence-corrected chi connectivity index (χ0v) is 47.3. The summed E-state index contributed by atoms with van der Waals surface area (Å²) >= 11 is 0. The monoisotopic (exact) mass is 1130 g/mol. The molecule has 2 heterocycles. The summed E-state index contributed by atoms with van der Waals surface area (Å²) in [5, 5.41) is 44.5. The second-order valence-corrected chi connectivity index (χ2v) is 19.8. The molecule has 27 nitrogen and oxygen atoms in total. The fourth-order valence-electron chi connectivity index (χ4n) is 8.43. The largest absolute Gasteiger partial charge is 0.394 e. The van der Waals surface area contributed by atoms with Gasteiger partial charge < -0.3 is 68.6 Å². The molecule has 0 unspecified atom stereocenters. The van der Waals surface area contributed by atoms with E-state index in [2.05, 4.69) is 68.2 Å². The van der Waals surface area contributed by atoms with Crippen LogP contribution in [0.5, 0.6) is 0 Å². The number of ether oxygens (including phenoxy) is 2. The molecule has 0 aromatic carbocycles. The molecule has 0 saturated carbocycles. The number of carbonyl (C=O) groups is 9. The number of unbranched alkanes of at least 4 members (excludes halogenated alkanes) is 14. The Kier molecular flexibility index (Phi) is 38.6. The predicted octanol–water partition coefficient (Wildman–Crippen LogP) is -0.0353. The van der Waals surface area contributed by atoms with Gasteiger partial charge in [-0.05, 0) is 51.5 Å². The van der Waals surface area contributed by atoms with Crippen LogP contribution in [0.25, 0.3) is 0 Å². The second-order valence-electron chi connectivity index (χ2n) is 19.8. The first-order valence-electron chi connectivity index (χ1n) is 28.6. The van der Waals surface area contributed by atoms with Crippen molar-refractivity contribution in [2.24, 2.45) is 16.5 Å². The van der Waals surface area contributed by atoms with Crippen molar-refractivity contribution in [3.05, 3.63) is 17.6 Å². The van der Waals surface area contributed by atoms with Crippen molar-refractivity contribution in [2.75, 3.05) is 59.7 Å². The molecule has 2 rings (SSSR count). The maximum Gasteiger partial charge on any atom is 0.246 e. The van der Waals surface area contributed by atoms with Crippen molar-refractivity contribution in [1.29, 1.82) is 0 Å². The number of amides is 9. The van der Waals surface area contributed by atoms with Crippen LogP contribution in [0.3, 0.4) is 0 Å². The minimum absolute atomic E-state index is 0.0307. The Bertz CT molecular complexity index is 2040. The van der Waals surface area contributed by atoms with Crippen molar-refractivity contribution >= 4 is 59.4 Å². The molecule has 5 atom stereocenters. The van der Waals surface area contributed by atoms with Crippen LogP contribution in [-0.4, -0.2) is 175 Å². The number of aromatic nitrogens is 4. The molecule has 1 aliphatic rings. The normalized spacial score (nSPS) is 13.7. The third-order valence-electron chi connectivity index (χ3n) is 13.0. The van der Waals surface area contributed by atoms with Crippen molar-refractivity contribution < 1.29 is 57.7 Å². The molecule has 14 N–H and O–H groups in total. The fraction of sp³-hybridized carbons (Fsp3) is 0.755. The smallest absolute Gasteiger partial charge is 0.246 e. The van der Waals surface area contributed by atoms with Crippen LogP contribution in [0, 0.1) is 0 Å². The van der Waals surface area contributed by atoms with Gasteiger partial charge in [-0.15, -0.1) is 10.2 Å². The molecule has 452 valence electrons. The van der Waals surface area contributed by atoms with Gasteiger partial charge in [-0.2, -0.15) is 5.21 Å². The summed E-state index contributed by atoms with van der Waals surface area (Å²) in [5.74, 6) is -5.36. The number of rotatable bonds is 49. The first-order valence-corrected chi connectivity index (χ1v) is 28.6. The van der Waals surface area contributed by atoms with Gasteiger partial charge >= 0.3 is 0 Å². The first-order chi connectivity index (χ1) is 38.7. The Morgan fingerprint density at radius 2 is 1.20 bits per heavy atom. The van der Waals surface area contributed by atoms with Gasteiger partial charge in [0.25, 0.3) is 0 Å². The number of nitrogens with one attached hydrogen (secondary N) is 9. The van der Waals surface area contributed by atoms with E-state index in [1.165, 1.54) is 64.8 Å². The van der Waals surface area contributed by atoms with Crippen LogP contribution in [0.2, 0.25) is 0 Å². The van der Waals surface area contributed by atoms with Gasteiger partial charge in [0.2, 0.25) is 53.2 Å². The number of likely N-dealkylation sites (N-methyl/N-ethyl adjacent to an activating group) is 1. The lowest BCUT2D eigenvalue weighted by molar-refractivity contribution is -0.135. The third-order valence-corrected chi connectivity index (χ3v) is 13.0. The maximum atomic E-state index is 14.0. The molecule has 27 heteroatoms. The quantitative estimate of drug-likeness (QED) is 0.0381. The Labute approximate surface area is 470 Å². The van der Waals surface area contributed by atoms with Gasteiger partial charge in [0.05, 0.1) is 33.0 Å². The molecule has 9 amide bonds. The summed E-state index contributed by atoms with van der Waals surface area (Å²) in [5.41, 5.74) is 11.5. The summed E-state index contributed by atoms with van der Waals surface area (Å²) in [4.78, 5) is 121. The van der Waals surface area contributed by atoms with Gasteiger partial charge in [-0.1, -0.05) is 102 Å². The molecule has 1 aromatic rings. The minimum atomic E-state index is -1.62. The molecule has 0 spiro atoms. The highest BCUT2D eigenvalue weighted by Gasteiger charge is 2.33. The van der Waals surface area contributed by atoms with Crippen LogP contribution in [0.4, 0.5) is 0 Å². The highest BCUT2D eigenvalue weighted by atomic mass is 16.5. The number of nitrogens with zero attached hydrogens (tertiary/aromatic N) is 4. The third kappa shape index (κ3) is 33.2. The summed E-state index contributed by atoms with van der Waals surface area (Å²) in [6.07, 6.45) is 22.5. The number of H-pyrrole nitrogens is 1. The molecule has 0 radical (unpaired) electrons. The van der Waals surface area contributed by atoms with Crippen LogP contribution in [0.1, 0.15) is 167 Å². The molecule has 0 aliphatic carbocycles. The number of aromatic amines is 1. The van der Waals surface area contributed by atoms with E-state index in [-0.39, 0.29) is 51.4 Å². The number of aliphatic hydroxyl groups is 1. The second kappa shape index (κ2) is 44.3. The number of carbonyl (C=O) groups excluding carboxylic acids is 9. The zero-order chi connectivity index (χ0) is 58.6. The summed E-state index contributed by atoms with van der Waals surface area (Å²) in [7, 11) is 1.45. The summed E-state index contributed by atoms with van der Waals surface area (Å²) in [6, 6.07) is -6.49. The number of allylic oxidation sites excluding steroid dienone is 1. The summed E-state index contributed by atoms with van der Waals surface area (Å²) < 4.78 is 10.8. The average molecular weight is 1130 g/mol. The van der Waals surface area contributed by atoms with E-state index >= 15 is 0 Å². The molecule has 80 heavy (non-hydrogen) atoms. The highest BCUT2D eigenvalue weighted by molar-refractivity contribution is 5.97. The van der Waals surface area contributed by atoms with Crippen molar-refractivity contribution in [3.8, 4) is 0 Å². The number of hydrogen-bond acceptors (Lipinski definition) is 17. The number of tetrazole rings is 1. The molecular formula is C53H93N15O12. The lowest BCUT2D eigenvalue weighted by Gasteiger charge is -2.27. The number of aliphatic imine (C=N–C) groups is 1. The average Bonchev–Trinajstić information content (AvgIpc) is 4.18. The van der Waals surface area contributed by atoms with E-state index in [1.54, 1.807) is 12.3 Å². The minimum Gasteiger partial charge on any atom is -0.394 e. The SMILES string of the molecule is CCCC[C@H](NC(=O)[C@H](CCCCN)NC(=O)[C@H](CC1=CCC=N1)NC(=O)[C@H](CCC(N)=O)NC(=O)[C@H](CO)NC(=O)CNC(=O)COCCOCCNC(=O)CCCCCCCCCCCCCCCc1nn[nH]n1)C(=O)NC. The van der Waals surface area contributed by atoms with E-state index < -0.39 is 97.2 Å². The van der Waals surface area contributed by atoms with Crippen molar-refractivity contribution in [2.45, 2.75) is 198 Å². The van der Waals surface area contributed by atoms with Gasteiger partial charge in [0.15, 0.2) is 5.82 Å². The standard InChI is InChI=1S/C53H93N15O12/c1-3-4-22-39(49(74)56-2)61-50(75)40(23-18-19-28-54)62-52(77)42(34-38-21-20-29-57-38)64-51(76)41(26-27-44(55)70)63-53(78)43(36-69)60-47(72)35-59-48(73)37-80-33-32-79-31-30-58-46(71)25-17-15-13-11-9-7-5-6-8-10-12-14-16-24-45-65-67-68-66-45/h21,29,39-43,69H,3-20,22-28,30-37,54H2,1-2H3,(H2,55,70)(H,56,74)(H,58,71)(H,59,73)(H,60,72)(H,61,75)(H,62,77)(H,63,78)(H,64,76)(H,65,66,67,68)/t39-,40-,41-,42-,43-/m0/s1. The first kappa shape index (κ1) is 69.7. The lowest BCUT2D eigenvalue weighted by atomic mass is 10.0. The highest BCUT2D eigenvalue weighted by Crippen LogP contribution is 2.16. The van der Waals surface area contributed by atoms with Gasteiger partial charge in [0.1, 0.15) is 36.8 Å². The van der Waals surface area contributed by atoms with Crippen LogP contribution < -0.4 is 54.0 Å². The Balaban J connectivity index is 1.73. The van der Waals surface area contributed by atoms with E-state index in [4.69, 9.17) is 20.9 Å². The van der Waals surface area contributed by atoms with E-state index in [0.717, 1.165) is 44.3 Å². The summed E-state index contributed by atoms with van der Waals surface area (Å²) in [6.45, 7) is 1.11. The Hall–Kier alpha value is -6.45. The van der Waals surface area contributed by atoms with Crippen LogP contribution in [0.15, 0.2) is 16.8 Å². The van der Waals surface area contributed by atoms with Gasteiger partial charge in [0, 0.05) is 57.6 Å². The Morgan fingerprint density at radius 1 is 0.625 bits per heavy atom. The Morgan fingerprint density at radius 3 is 1.77 bits per heavy atom. The molecule has 0 bridgehead atoms. The van der Waals surface area contributed by atoms with Crippen molar-refractivity contribution in [3.63, 3.8) is 0 Å². The van der Waals surface area contributed by atoms with Gasteiger partial charge in [-0.25, -0.2) is 0 Å². The molecule has 0 saturated heterocycles. The molecule has 1 aliphatic heterocycles. The molecular weight excluding hydrogens is 1040 g/mol.